The van der Waals surface area contributed by atoms with E-state index in [2.05, 4.69) is 20.7 Å². The average molecular weight is 340 g/mol. The number of sulfonamides is 1. The van der Waals surface area contributed by atoms with Gasteiger partial charge in [0.2, 0.25) is 10.0 Å². The molecule has 0 aliphatic heterocycles. The molecule has 0 atom stereocenters. The molecular weight excluding hydrogens is 322 g/mol. The van der Waals surface area contributed by atoms with Gasteiger partial charge >= 0.3 is 0 Å². The van der Waals surface area contributed by atoms with Crippen LogP contribution in [0.5, 0.6) is 0 Å². The van der Waals surface area contributed by atoms with Crippen molar-refractivity contribution in [2.75, 3.05) is 0 Å². The Bertz CT molecular complexity index is 492. The van der Waals surface area contributed by atoms with Crippen molar-refractivity contribution in [1.82, 2.24) is 4.72 Å². The highest BCUT2D eigenvalue weighted by Crippen LogP contribution is 2.30. The van der Waals surface area contributed by atoms with Crippen molar-refractivity contribution in [2.24, 2.45) is 0 Å². The lowest BCUT2D eigenvalue weighted by molar-refractivity contribution is 0.417. The van der Waals surface area contributed by atoms with Crippen molar-refractivity contribution in [3.05, 3.63) is 14.7 Å². The third-order valence-electron chi connectivity index (χ3n) is 2.42. The third kappa shape index (κ3) is 4.05. The molecule has 1 aromatic rings. The predicted molar refractivity (Wildman–Crippen MR) is 76.1 cm³/mol. The number of hydrogen-bond donors (Lipinski definition) is 1. The zero-order chi connectivity index (χ0) is 13.3. The van der Waals surface area contributed by atoms with Crippen molar-refractivity contribution < 1.29 is 8.42 Å². The number of halogens is 1. The van der Waals surface area contributed by atoms with E-state index >= 15 is 0 Å². The lowest BCUT2D eigenvalue weighted by atomic mass is 10.0. The maximum atomic E-state index is 12.2. The molecule has 0 unspecified atom stereocenters. The Morgan fingerprint density at radius 3 is 2.47 bits per heavy atom. The maximum Gasteiger partial charge on any atom is 0.242 e. The fourth-order valence-corrected chi connectivity index (χ4v) is 5.65. The molecule has 0 aromatic carbocycles. The number of aryl methyl sites for hydroxylation is 1. The van der Waals surface area contributed by atoms with Gasteiger partial charge < -0.3 is 0 Å². The van der Waals surface area contributed by atoms with Crippen molar-refractivity contribution in [3.63, 3.8) is 0 Å². The SMILES string of the molecule is CCCC(C)(C)NS(=O)(=O)c1cc(Br)sc1C. The molecule has 0 radical (unpaired) electrons. The highest BCUT2D eigenvalue weighted by molar-refractivity contribution is 9.11. The average Bonchev–Trinajstić information content (AvgIpc) is 2.43. The Morgan fingerprint density at radius 2 is 2.06 bits per heavy atom. The molecule has 0 saturated carbocycles. The van der Waals surface area contributed by atoms with Gasteiger partial charge in [-0.05, 0) is 49.2 Å². The normalized spacial score (nSPS) is 13.0. The van der Waals surface area contributed by atoms with Crippen molar-refractivity contribution in [1.29, 1.82) is 0 Å². The molecule has 0 fully saturated rings. The Kier molecular flexibility index (Phi) is 4.80. The highest BCUT2D eigenvalue weighted by atomic mass is 79.9. The van der Waals surface area contributed by atoms with Crippen LogP contribution in [0.25, 0.3) is 0 Å². The van der Waals surface area contributed by atoms with Gasteiger partial charge in [-0.2, -0.15) is 0 Å². The van der Waals surface area contributed by atoms with E-state index in [4.69, 9.17) is 0 Å². The molecule has 0 saturated heterocycles. The van der Waals surface area contributed by atoms with Gasteiger partial charge in [0.05, 0.1) is 8.68 Å². The number of rotatable bonds is 5. The van der Waals surface area contributed by atoms with Crippen LogP contribution in [0.2, 0.25) is 0 Å². The lowest BCUT2D eigenvalue weighted by Crippen LogP contribution is -2.43. The first kappa shape index (κ1) is 15.1. The van der Waals surface area contributed by atoms with E-state index in [9.17, 15) is 8.42 Å². The summed E-state index contributed by atoms with van der Waals surface area (Å²) < 4.78 is 28.1. The van der Waals surface area contributed by atoms with Crippen LogP contribution in [0.3, 0.4) is 0 Å². The van der Waals surface area contributed by atoms with E-state index < -0.39 is 15.6 Å². The van der Waals surface area contributed by atoms with E-state index in [-0.39, 0.29) is 0 Å². The second kappa shape index (κ2) is 5.38. The van der Waals surface area contributed by atoms with Gasteiger partial charge in [0.1, 0.15) is 0 Å². The standard InChI is InChI=1S/C11H18BrNO2S2/c1-5-6-11(3,4)13-17(14,15)9-7-10(12)16-8(9)2/h7,13H,5-6H2,1-4H3. The molecule has 0 bridgehead atoms. The number of thiophene rings is 1. The molecule has 0 aliphatic carbocycles. The van der Waals surface area contributed by atoms with Crippen LogP contribution in [-0.2, 0) is 10.0 Å². The topological polar surface area (TPSA) is 46.2 Å². The second-order valence-corrected chi connectivity index (χ2v) is 9.00. The molecule has 1 N–H and O–H groups in total. The monoisotopic (exact) mass is 339 g/mol. The van der Waals surface area contributed by atoms with Gasteiger partial charge in [-0.15, -0.1) is 11.3 Å². The highest BCUT2D eigenvalue weighted by Gasteiger charge is 2.27. The van der Waals surface area contributed by atoms with E-state index in [1.807, 2.05) is 27.7 Å². The van der Waals surface area contributed by atoms with Gasteiger partial charge in [-0.25, -0.2) is 13.1 Å². The van der Waals surface area contributed by atoms with Gasteiger partial charge in [0, 0.05) is 10.4 Å². The van der Waals surface area contributed by atoms with Gasteiger partial charge in [-0.1, -0.05) is 13.3 Å². The van der Waals surface area contributed by atoms with Crippen LogP contribution in [0.1, 0.15) is 38.5 Å². The first-order chi connectivity index (χ1) is 7.68. The van der Waals surface area contributed by atoms with Gasteiger partial charge in [0.15, 0.2) is 0 Å². The summed E-state index contributed by atoms with van der Waals surface area (Å²) >= 11 is 4.75. The Balaban J connectivity index is 3.01. The largest absolute Gasteiger partial charge is 0.242 e. The first-order valence-corrected chi connectivity index (χ1v) is 8.57. The van der Waals surface area contributed by atoms with Crippen LogP contribution in [0.4, 0.5) is 0 Å². The van der Waals surface area contributed by atoms with E-state index in [0.29, 0.717) is 4.90 Å². The lowest BCUT2D eigenvalue weighted by Gasteiger charge is -2.25. The minimum Gasteiger partial charge on any atom is -0.207 e. The molecule has 6 heteroatoms. The summed E-state index contributed by atoms with van der Waals surface area (Å²) in [4.78, 5) is 1.18. The quantitative estimate of drug-likeness (QED) is 0.889. The van der Waals surface area contributed by atoms with Crippen LogP contribution in [-0.4, -0.2) is 14.0 Å². The first-order valence-electron chi connectivity index (χ1n) is 5.48. The summed E-state index contributed by atoms with van der Waals surface area (Å²) in [5.74, 6) is 0. The molecule has 17 heavy (non-hydrogen) atoms. The van der Waals surface area contributed by atoms with Crippen molar-refractivity contribution >= 4 is 37.3 Å². The summed E-state index contributed by atoms with van der Waals surface area (Å²) in [5.41, 5.74) is -0.408. The molecule has 1 rings (SSSR count). The molecule has 1 heterocycles. The van der Waals surface area contributed by atoms with Crippen LogP contribution < -0.4 is 4.72 Å². The summed E-state index contributed by atoms with van der Waals surface area (Å²) in [6, 6.07) is 1.66. The minimum atomic E-state index is -3.42. The summed E-state index contributed by atoms with van der Waals surface area (Å²) in [6.45, 7) is 7.68. The van der Waals surface area contributed by atoms with E-state index in [0.717, 1.165) is 21.5 Å². The zero-order valence-corrected chi connectivity index (χ0v) is 13.7. The molecular formula is C11H18BrNO2S2. The predicted octanol–water partition coefficient (Wildman–Crippen LogP) is 3.68. The third-order valence-corrected chi connectivity index (χ3v) is 5.92. The molecule has 98 valence electrons. The van der Waals surface area contributed by atoms with E-state index in [1.165, 1.54) is 11.3 Å². The molecule has 0 spiro atoms. The van der Waals surface area contributed by atoms with Crippen LogP contribution in [0.15, 0.2) is 14.7 Å². The fourth-order valence-electron chi connectivity index (χ4n) is 1.79. The Morgan fingerprint density at radius 1 is 1.47 bits per heavy atom. The summed E-state index contributed by atoms with van der Waals surface area (Å²) in [7, 11) is -3.42. The number of hydrogen-bond acceptors (Lipinski definition) is 3. The maximum absolute atomic E-state index is 12.2. The van der Waals surface area contributed by atoms with Crippen molar-refractivity contribution in [2.45, 2.75) is 51.0 Å². The Labute approximate surface area is 116 Å². The Hall–Kier alpha value is 0.0900. The van der Waals surface area contributed by atoms with Crippen LogP contribution in [0, 0.1) is 6.92 Å². The van der Waals surface area contributed by atoms with Gasteiger partial charge in [0.25, 0.3) is 0 Å². The molecule has 0 aliphatic rings. The molecule has 1 aromatic heterocycles. The molecule has 0 amide bonds. The minimum absolute atomic E-state index is 0.374. The van der Waals surface area contributed by atoms with Gasteiger partial charge in [-0.3, -0.25) is 0 Å². The summed E-state index contributed by atoms with van der Waals surface area (Å²) in [6.07, 6.45) is 1.76. The summed E-state index contributed by atoms with van der Waals surface area (Å²) in [5, 5.41) is 0. The fraction of sp³-hybridized carbons (Fsp3) is 0.636. The van der Waals surface area contributed by atoms with E-state index in [1.54, 1.807) is 6.07 Å². The molecule has 3 nitrogen and oxygen atoms in total. The second-order valence-electron chi connectivity index (χ2n) is 4.71. The van der Waals surface area contributed by atoms with Crippen LogP contribution >= 0.6 is 27.3 Å². The zero-order valence-electron chi connectivity index (χ0n) is 10.5. The smallest absolute Gasteiger partial charge is 0.207 e. The van der Waals surface area contributed by atoms with Crippen molar-refractivity contribution in [3.8, 4) is 0 Å². The number of nitrogens with one attached hydrogen (secondary N) is 1.